The van der Waals surface area contributed by atoms with E-state index in [1.807, 2.05) is 0 Å². The summed E-state index contributed by atoms with van der Waals surface area (Å²) in [5, 5.41) is 0. The molecule has 0 bridgehead atoms. The minimum absolute atomic E-state index is 0.114. The Bertz CT molecular complexity index is 627. The Morgan fingerprint density at radius 2 is 1.62 bits per heavy atom. The minimum Gasteiger partial charge on any atom is -0.271 e. The number of halogens is 1. The average Bonchev–Trinajstić information content (AvgIpc) is 2.41. The van der Waals surface area contributed by atoms with Crippen molar-refractivity contribution in [3.63, 3.8) is 0 Å². The SMILES string of the molecule is Cc1cc(C)c(CC(NN)c2cc(Br)ccc2C)c(C)c1. The second-order valence-corrected chi connectivity index (χ2v) is 6.72. The third kappa shape index (κ3) is 3.73. The molecule has 0 amide bonds. The molecule has 0 aromatic heterocycles. The zero-order valence-corrected chi connectivity index (χ0v) is 14.7. The van der Waals surface area contributed by atoms with Gasteiger partial charge in [0.1, 0.15) is 0 Å². The van der Waals surface area contributed by atoms with Gasteiger partial charge in [0.05, 0.1) is 6.04 Å². The molecule has 2 nitrogen and oxygen atoms in total. The summed E-state index contributed by atoms with van der Waals surface area (Å²) in [7, 11) is 0. The topological polar surface area (TPSA) is 38.0 Å². The van der Waals surface area contributed by atoms with E-state index in [-0.39, 0.29) is 6.04 Å². The van der Waals surface area contributed by atoms with Gasteiger partial charge in [-0.15, -0.1) is 0 Å². The van der Waals surface area contributed by atoms with Crippen LogP contribution in [0.25, 0.3) is 0 Å². The smallest absolute Gasteiger partial charge is 0.0503 e. The zero-order valence-electron chi connectivity index (χ0n) is 13.1. The van der Waals surface area contributed by atoms with Gasteiger partial charge in [-0.3, -0.25) is 11.3 Å². The number of nitrogens with two attached hydrogens (primary N) is 1. The van der Waals surface area contributed by atoms with E-state index in [0.29, 0.717) is 0 Å². The summed E-state index contributed by atoms with van der Waals surface area (Å²) in [6.07, 6.45) is 0.895. The normalized spacial score (nSPS) is 12.5. The molecule has 3 N–H and O–H groups in total. The van der Waals surface area contributed by atoms with Crippen LogP contribution in [-0.2, 0) is 6.42 Å². The zero-order chi connectivity index (χ0) is 15.6. The van der Waals surface area contributed by atoms with Crippen LogP contribution >= 0.6 is 15.9 Å². The molecule has 2 aromatic carbocycles. The Balaban J connectivity index is 2.38. The molecule has 0 fully saturated rings. The predicted molar refractivity (Wildman–Crippen MR) is 93.3 cm³/mol. The van der Waals surface area contributed by atoms with E-state index in [1.165, 1.54) is 33.4 Å². The van der Waals surface area contributed by atoms with Gasteiger partial charge in [-0.05, 0) is 74.1 Å². The van der Waals surface area contributed by atoms with Crippen molar-refractivity contribution in [2.24, 2.45) is 5.84 Å². The first-order valence-corrected chi connectivity index (χ1v) is 8.00. The summed E-state index contributed by atoms with van der Waals surface area (Å²) in [5.74, 6) is 5.84. The molecule has 0 saturated carbocycles. The van der Waals surface area contributed by atoms with Crippen LogP contribution in [0.2, 0.25) is 0 Å². The Kier molecular flexibility index (Phi) is 5.20. The molecule has 1 atom stereocenters. The maximum Gasteiger partial charge on any atom is 0.0503 e. The third-order valence-electron chi connectivity index (χ3n) is 4.07. The molecule has 0 heterocycles. The fourth-order valence-electron chi connectivity index (χ4n) is 2.98. The van der Waals surface area contributed by atoms with Crippen molar-refractivity contribution in [3.8, 4) is 0 Å². The monoisotopic (exact) mass is 346 g/mol. The highest BCUT2D eigenvalue weighted by Crippen LogP contribution is 2.27. The number of rotatable bonds is 4. The maximum atomic E-state index is 5.84. The second kappa shape index (κ2) is 6.73. The van der Waals surface area contributed by atoms with Gasteiger partial charge in [0, 0.05) is 4.47 Å². The van der Waals surface area contributed by atoms with Gasteiger partial charge in [-0.25, -0.2) is 0 Å². The molecule has 21 heavy (non-hydrogen) atoms. The van der Waals surface area contributed by atoms with Crippen molar-refractivity contribution in [1.82, 2.24) is 5.43 Å². The van der Waals surface area contributed by atoms with Crippen LogP contribution in [0.4, 0.5) is 0 Å². The molecular weight excluding hydrogens is 324 g/mol. The number of hydrazine groups is 1. The fraction of sp³-hybridized carbons (Fsp3) is 0.333. The van der Waals surface area contributed by atoms with Crippen LogP contribution < -0.4 is 11.3 Å². The third-order valence-corrected chi connectivity index (χ3v) is 4.56. The summed E-state index contributed by atoms with van der Waals surface area (Å²) < 4.78 is 1.08. The van der Waals surface area contributed by atoms with Crippen molar-refractivity contribution in [3.05, 3.63) is 68.2 Å². The van der Waals surface area contributed by atoms with Gasteiger partial charge in [-0.2, -0.15) is 0 Å². The lowest BCUT2D eigenvalue weighted by atomic mass is 9.90. The summed E-state index contributed by atoms with van der Waals surface area (Å²) in [6, 6.07) is 10.9. The van der Waals surface area contributed by atoms with Gasteiger partial charge in [0.2, 0.25) is 0 Å². The molecule has 2 rings (SSSR count). The van der Waals surface area contributed by atoms with E-state index in [2.05, 4.69) is 79.4 Å². The summed E-state index contributed by atoms with van der Waals surface area (Å²) in [6.45, 7) is 8.62. The molecule has 0 aliphatic carbocycles. The molecule has 0 aliphatic heterocycles. The fourth-order valence-corrected chi connectivity index (χ4v) is 3.36. The van der Waals surface area contributed by atoms with Gasteiger partial charge in [0.25, 0.3) is 0 Å². The van der Waals surface area contributed by atoms with Crippen molar-refractivity contribution in [2.75, 3.05) is 0 Å². The van der Waals surface area contributed by atoms with E-state index in [4.69, 9.17) is 5.84 Å². The molecular formula is C18H23BrN2. The van der Waals surface area contributed by atoms with E-state index in [1.54, 1.807) is 0 Å². The number of nitrogens with one attached hydrogen (secondary N) is 1. The molecule has 1 unspecified atom stereocenters. The van der Waals surface area contributed by atoms with Crippen molar-refractivity contribution < 1.29 is 0 Å². The Morgan fingerprint density at radius 1 is 1.00 bits per heavy atom. The van der Waals surface area contributed by atoms with Gasteiger partial charge >= 0.3 is 0 Å². The lowest BCUT2D eigenvalue weighted by Crippen LogP contribution is -2.30. The van der Waals surface area contributed by atoms with Crippen LogP contribution in [0, 0.1) is 27.7 Å². The van der Waals surface area contributed by atoms with Gasteiger partial charge < -0.3 is 0 Å². The Morgan fingerprint density at radius 3 is 2.19 bits per heavy atom. The highest BCUT2D eigenvalue weighted by Gasteiger charge is 2.16. The molecule has 2 aromatic rings. The summed E-state index contributed by atoms with van der Waals surface area (Å²) in [4.78, 5) is 0. The Labute approximate surface area is 135 Å². The lowest BCUT2D eigenvalue weighted by Gasteiger charge is -2.21. The van der Waals surface area contributed by atoms with Gasteiger partial charge in [0.15, 0.2) is 0 Å². The quantitative estimate of drug-likeness (QED) is 0.634. The van der Waals surface area contributed by atoms with Crippen LogP contribution in [0.1, 0.15) is 39.4 Å². The highest BCUT2D eigenvalue weighted by atomic mass is 79.9. The predicted octanol–water partition coefficient (Wildman–Crippen LogP) is 4.43. The van der Waals surface area contributed by atoms with Crippen molar-refractivity contribution in [2.45, 2.75) is 40.2 Å². The highest BCUT2D eigenvalue weighted by molar-refractivity contribution is 9.10. The molecule has 0 aliphatic rings. The number of hydrogen-bond donors (Lipinski definition) is 2. The molecule has 112 valence electrons. The first-order valence-electron chi connectivity index (χ1n) is 7.21. The minimum atomic E-state index is 0.114. The van der Waals surface area contributed by atoms with E-state index < -0.39 is 0 Å². The van der Waals surface area contributed by atoms with E-state index >= 15 is 0 Å². The Hall–Kier alpha value is -1.16. The van der Waals surface area contributed by atoms with Crippen LogP contribution in [-0.4, -0.2) is 0 Å². The molecule has 0 saturated heterocycles. The van der Waals surface area contributed by atoms with Crippen LogP contribution in [0.3, 0.4) is 0 Å². The van der Waals surface area contributed by atoms with Crippen LogP contribution in [0.15, 0.2) is 34.8 Å². The largest absolute Gasteiger partial charge is 0.271 e. The maximum absolute atomic E-state index is 5.84. The van der Waals surface area contributed by atoms with Crippen LogP contribution in [0.5, 0.6) is 0 Å². The van der Waals surface area contributed by atoms with E-state index in [0.717, 1.165) is 10.9 Å². The lowest BCUT2D eigenvalue weighted by molar-refractivity contribution is 0.547. The number of benzene rings is 2. The van der Waals surface area contributed by atoms with Crippen molar-refractivity contribution in [1.29, 1.82) is 0 Å². The van der Waals surface area contributed by atoms with Gasteiger partial charge in [-0.1, -0.05) is 39.7 Å². The number of hydrogen-bond acceptors (Lipinski definition) is 2. The molecule has 0 spiro atoms. The average molecular weight is 347 g/mol. The first kappa shape index (κ1) is 16.2. The van der Waals surface area contributed by atoms with E-state index in [9.17, 15) is 0 Å². The van der Waals surface area contributed by atoms with Crippen molar-refractivity contribution >= 4 is 15.9 Å². The number of aryl methyl sites for hydroxylation is 4. The standard InChI is InChI=1S/C18H23BrN2/c1-11-7-13(3)16(14(4)8-11)10-18(21-20)17-9-15(19)6-5-12(17)2/h5-9,18,21H,10,20H2,1-4H3. The first-order chi connectivity index (χ1) is 9.92. The second-order valence-electron chi connectivity index (χ2n) is 5.80. The molecule has 3 heteroatoms. The summed E-state index contributed by atoms with van der Waals surface area (Å²) >= 11 is 3.55. The summed E-state index contributed by atoms with van der Waals surface area (Å²) in [5.41, 5.74) is 10.8. The molecule has 0 radical (unpaired) electrons.